The van der Waals surface area contributed by atoms with Crippen LogP contribution in [0.4, 0.5) is 5.82 Å². The number of benzene rings is 1. The second-order valence-corrected chi connectivity index (χ2v) is 20.3. The number of ether oxygens (including phenoxy) is 2. The van der Waals surface area contributed by atoms with E-state index in [9.17, 15) is 24.4 Å². The van der Waals surface area contributed by atoms with Crippen molar-refractivity contribution in [3.05, 3.63) is 101 Å². The Bertz CT molecular complexity index is 2840. The second kappa shape index (κ2) is 20.1. The Labute approximate surface area is 413 Å². The molecule has 17 heteroatoms. The molecule has 5 aromatic rings. The van der Waals surface area contributed by atoms with E-state index in [1.54, 1.807) is 22.7 Å². The second-order valence-electron chi connectivity index (χ2n) is 20.3. The number of imide groups is 1. The smallest absolute Gasteiger partial charge is 0.255 e. The maximum atomic E-state index is 13.3. The number of hydrogen-bond acceptors (Lipinski definition) is 13. The van der Waals surface area contributed by atoms with Gasteiger partial charge in [-0.2, -0.15) is 10.4 Å². The first-order valence-electron chi connectivity index (χ1n) is 25.5. The first kappa shape index (κ1) is 46.5. The number of nitrogens with one attached hydrogen (secondary N) is 1. The minimum absolute atomic E-state index is 0.133. The van der Waals surface area contributed by atoms with Gasteiger partial charge in [-0.15, -0.1) is 0 Å². The van der Waals surface area contributed by atoms with Crippen molar-refractivity contribution in [2.24, 2.45) is 5.92 Å². The number of aromatic nitrogens is 4. The molecule has 1 unspecified atom stereocenters. The predicted octanol–water partition coefficient (Wildman–Crippen LogP) is 5.56. The predicted molar refractivity (Wildman–Crippen MR) is 263 cm³/mol. The van der Waals surface area contributed by atoms with Crippen molar-refractivity contribution in [3.63, 3.8) is 0 Å². The summed E-state index contributed by atoms with van der Waals surface area (Å²) in [6, 6.07) is 18.9. The summed E-state index contributed by atoms with van der Waals surface area (Å²) in [5.74, 6) is 2.43. The van der Waals surface area contributed by atoms with E-state index < -0.39 is 6.04 Å². The van der Waals surface area contributed by atoms with Crippen molar-refractivity contribution in [2.75, 3.05) is 64.4 Å². The van der Waals surface area contributed by atoms with Gasteiger partial charge < -0.3 is 29.1 Å². The molecule has 17 nitrogen and oxygen atoms in total. The van der Waals surface area contributed by atoms with Gasteiger partial charge in [0.2, 0.25) is 23.6 Å². The van der Waals surface area contributed by atoms with Crippen molar-refractivity contribution in [1.82, 2.24) is 44.5 Å². The summed E-state index contributed by atoms with van der Waals surface area (Å²) in [5.41, 5.74) is 7.01. The molecule has 0 aliphatic carbocycles. The van der Waals surface area contributed by atoms with Crippen molar-refractivity contribution in [2.45, 2.75) is 101 Å². The van der Waals surface area contributed by atoms with Gasteiger partial charge in [-0.05, 0) is 124 Å². The number of fused-ring (bicyclic) bond motifs is 4. The highest BCUT2D eigenvalue weighted by molar-refractivity contribution is 6.05. The molecule has 4 aromatic heterocycles. The largest absolute Gasteiger partial charge is 0.492 e. The number of rotatable bonds is 15. The summed E-state index contributed by atoms with van der Waals surface area (Å²) in [7, 11) is 1.63. The molecule has 1 aromatic carbocycles. The highest BCUT2D eigenvalue weighted by Gasteiger charge is 2.45. The Balaban J connectivity index is 0.611. The van der Waals surface area contributed by atoms with Crippen LogP contribution in [0.5, 0.6) is 11.6 Å². The number of hydrogen-bond donors (Lipinski definition) is 1. The number of carbonyl (C=O) groups excluding carboxylic acids is 4. The zero-order valence-electron chi connectivity index (χ0n) is 40.4. The third-order valence-electron chi connectivity index (χ3n) is 16.0. The molecule has 2 bridgehead atoms. The van der Waals surface area contributed by atoms with Crippen LogP contribution in [0, 0.1) is 17.2 Å². The molecule has 4 amide bonds. The van der Waals surface area contributed by atoms with E-state index in [-0.39, 0.29) is 30.0 Å². The maximum Gasteiger partial charge on any atom is 0.255 e. The van der Waals surface area contributed by atoms with Gasteiger partial charge in [0.25, 0.3) is 5.91 Å². The molecular formula is C54H61N11O6. The highest BCUT2D eigenvalue weighted by atomic mass is 16.5. The Hall–Kier alpha value is -6.90. The molecule has 7 aliphatic heterocycles. The third-order valence-corrected chi connectivity index (χ3v) is 16.0. The lowest BCUT2D eigenvalue weighted by atomic mass is 9.87. The topological polar surface area (TPSA) is 182 Å². The van der Waals surface area contributed by atoms with Gasteiger partial charge in [-0.1, -0.05) is 18.2 Å². The van der Waals surface area contributed by atoms with E-state index in [4.69, 9.17) is 14.5 Å². The van der Waals surface area contributed by atoms with Gasteiger partial charge in [0.15, 0.2) is 0 Å². The standard InChI is InChI=1S/C54H61N11O6/c1-70-50-12-5-36(26-57-50)29-63-42-23-43(63)32-62(31-42)48-10-7-39(27-56-48)46-24-44(33-65-52(46)41(25-55)28-58-65)71-34-35-13-20-61(21-14-35)51(67)4-2-3-17-60-18-15-37(16-19-60)38-6-8-45-40(22-38)30-64(54(45)69)47-9-11-49(66)59-53(47)68/h5-8,10,12,22,24,26-28,33,35,37,42-43,47H,2-4,9,11,13-21,23,29-32,34H2,1H3,(H,59,66,68)/t42-,43+,47?. The lowest BCUT2D eigenvalue weighted by Gasteiger charge is -2.56. The molecule has 7 aliphatic rings. The minimum atomic E-state index is -0.601. The molecule has 12 rings (SSSR count). The summed E-state index contributed by atoms with van der Waals surface area (Å²) < 4.78 is 13.4. The van der Waals surface area contributed by atoms with Gasteiger partial charge in [-0.3, -0.25) is 29.4 Å². The van der Waals surface area contributed by atoms with Crippen LogP contribution in [0.25, 0.3) is 16.6 Å². The molecule has 0 radical (unpaired) electrons. The first-order valence-corrected chi connectivity index (χ1v) is 25.5. The van der Waals surface area contributed by atoms with E-state index in [2.05, 4.69) is 66.5 Å². The fourth-order valence-electron chi connectivity index (χ4n) is 11.8. The highest BCUT2D eigenvalue weighted by Crippen LogP contribution is 2.38. The normalized spacial score (nSPS) is 22.1. The summed E-state index contributed by atoms with van der Waals surface area (Å²) in [6.07, 6.45) is 15.3. The number of likely N-dealkylation sites (tertiary alicyclic amines) is 2. The lowest BCUT2D eigenvalue weighted by molar-refractivity contribution is -0.137. The lowest BCUT2D eigenvalue weighted by Crippen LogP contribution is -2.68. The summed E-state index contributed by atoms with van der Waals surface area (Å²) in [4.78, 5) is 71.0. The number of pyridine rings is 3. The van der Waals surface area contributed by atoms with Crippen LogP contribution in [0.1, 0.15) is 103 Å². The molecule has 368 valence electrons. The van der Waals surface area contributed by atoms with Gasteiger partial charge in [0.05, 0.1) is 37.2 Å². The van der Waals surface area contributed by atoms with Crippen LogP contribution in [-0.4, -0.2) is 140 Å². The van der Waals surface area contributed by atoms with Crippen LogP contribution in [-0.2, 0) is 27.5 Å². The third kappa shape index (κ3) is 9.67. The summed E-state index contributed by atoms with van der Waals surface area (Å²) in [5, 5.41) is 16.9. The van der Waals surface area contributed by atoms with E-state index in [0.717, 1.165) is 119 Å². The number of piperidine rings is 4. The van der Waals surface area contributed by atoms with Gasteiger partial charge in [0.1, 0.15) is 23.7 Å². The number of carbonyl (C=O) groups is 4. The molecular weight excluding hydrogens is 899 g/mol. The molecule has 3 atom stereocenters. The summed E-state index contributed by atoms with van der Waals surface area (Å²) >= 11 is 0. The Kier molecular flexibility index (Phi) is 13.1. The first-order chi connectivity index (χ1) is 34.7. The Morgan fingerprint density at radius 3 is 2.45 bits per heavy atom. The van der Waals surface area contributed by atoms with Gasteiger partial charge in [-0.25, -0.2) is 14.5 Å². The van der Waals surface area contributed by atoms with E-state index in [0.29, 0.717) is 72.7 Å². The number of anilines is 1. The molecule has 6 saturated heterocycles. The number of amides is 4. The molecule has 1 N–H and O–H groups in total. The zero-order chi connectivity index (χ0) is 48.6. The van der Waals surface area contributed by atoms with Crippen LogP contribution in [0.2, 0.25) is 0 Å². The maximum absolute atomic E-state index is 13.3. The van der Waals surface area contributed by atoms with E-state index in [1.165, 1.54) is 17.5 Å². The monoisotopic (exact) mass is 959 g/mol. The fraction of sp³-hybridized carbons (Fsp3) is 0.481. The minimum Gasteiger partial charge on any atom is -0.492 e. The van der Waals surface area contributed by atoms with Crippen molar-refractivity contribution in [1.29, 1.82) is 5.26 Å². The van der Waals surface area contributed by atoms with Crippen molar-refractivity contribution in [3.8, 4) is 28.8 Å². The van der Waals surface area contributed by atoms with E-state index >= 15 is 0 Å². The Morgan fingerprint density at radius 1 is 0.887 bits per heavy atom. The summed E-state index contributed by atoms with van der Waals surface area (Å²) in [6.45, 7) is 8.09. The van der Waals surface area contributed by atoms with Crippen molar-refractivity contribution >= 4 is 35.0 Å². The number of methoxy groups -OCH3 is 1. The van der Waals surface area contributed by atoms with Crippen LogP contribution >= 0.6 is 0 Å². The van der Waals surface area contributed by atoms with Crippen molar-refractivity contribution < 1.29 is 28.7 Å². The average Bonchev–Trinajstić information content (AvgIpc) is 3.98. The fourth-order valence-corrected chi connectivity index (χ4v) is 11.8. The van der Waals surface area contributed by atoms with Crippen LogP contribution in [0.15, 0.2) is 73.3 Å². The van der Waals surface area contributed by atoms with Gasteiger partial charge in [0, 0.05) is 99.3 Å². The molecule has 71 heavy (non-hydrogen) atoms. The molecule has 0 saturated carbocycles. The zero-order valence-corrected chi connectivity index (χ0v) is 40.4. The van der Waals surface area contributed by atoms with Crippen LogP contribution < -0.4 is 19.7 Å². The number of piperazine rings is 1. The molecule has 0 spiro atoms. The average molecular weight is 960 g/mol. The molecule has 6 fully saturated rings. The Morgan fingerprint density at radius 2 is 1.72 bits per heavy atom. The number of nitriles is 1. The van der Waals surface area contributed by atoms with Crippen LogP contribution in [0.3, 0.4) is 0 Å². The molecule has 11 heterocycles. The quantitative estimate of drug-likeness (QED) is 0.102. The SMILES string of the molecule is COc1ccc(CN2[C@@H]3C[C@H]2CN(c2ccc(-c4cc(OCC5CCN(C(=O)CCCCN6CCC(c7ccc8c(c7)CN(C7CCC(=O)NC7=O)C8=O)CC6)CC5)cn5ncc(C#N)c45)cn2)C3)cn1. The van der Waals surface area contributed by atoms with Gasteiger partial charge >= 0.3 is 0 Å². The number of unbranched alkanes of at least 4 members (excludes halogenated alkanes) is 1. The van der Waals surface area contributed by atoms with E-state index in [1.807, 2.05) is 41.7 Å². The number of nitrogens with zero attached hydrogens (tertiary/aromatic N) is 10.